The van der Waals surface area contributed by atoms with Crippen LogP contribution in [-0.2, 0) is 10.2 Å². The molecule has 2 heterocycles. The molecule has 0 saturated carbocycles. The fourth-order valence-corrected chi connectivity index (χ4v) is 5.61. The zero-order chi connectivity index (χ0) is 20.6. The summed E-state index contributed by atoms with van der Waals surface area (Å²) in [4.78, 5) is 11.0. The van der Waals surface area contributed by atoms with Crippen molar-refractivity contribution in [3.63, 3.8) is 0 Å². The standard InChI is InChI=1S/C20H17AsBrN3O3S/c1-2-16-17(12-3-7-14(22)8-4-12)18-19(23-11-24-20(18)29-16)25-15-9-5-13(6-10-15)21(26,27)28/h3-11H,2H2,1H3,(H,23,24,25)(H2,26,27,28). The molecule has 0 aliphatic carbocycles. The first-order valence-corrected chi connectivity index (χ1v) is 13.8. The van der Waals surface area contributed by atoms with Crippen molar-refractivity contribution < 1.29 is 11.9 Å². The summed E-state index contributed by atoms with van der Waals surface area (Å²) in [5.74, 6) is 0.665. The summed E-state index contributed by atoms with van der Waals surface area (Å²) in [6.07, 6.45) is 2.41. The Hall–Kier alpha value is -1.96. The molecule has 0 aliphatic rings. The molecule has 2 aromatic carbocycles. The molecule has 0 amide bonds. The van der Waals surface area contributed by atoms with Gasteiger partial charge in [-0.25, -0.2) is 0 Å². The van der Waals surface area contributed by atoms with E-state index >= 15 is 0 Å². The zero-order valence-electron chi connectivity index (χ0n) is 15.3. The first-order valence-electron chi connectivity index (χ1n) is 8.82. The summed E-state index contributed by atoms with van der Waals surface area (Å²) in [6, 6.07) is 14.3. The molecule has 0 fully saturated rings. The summed E-state index contributed by atoms with van der Waals surface area (Å²) in [6.45, 7) is 2.12. The zero-order valence-corrected chi connectivity index (χ0v) is 19.6. The number of aromatic nitrogens is 2. The second-order valence-electron chi connectivity index (χ2n) is 6.38. The van der Waals surface area contributed by atoms with E-state index in [9.17, 15) is 11.9 Å². The van der Waals surface area contributed by atoms with Crippen molar-refractivity contribution in [1.29, 1.82) is 0 Å². The molecule has 0 saturated heterocycles. The van der Waals surface area contributed by atoms with Gasteiger partial charge in [-0.3, -0.25) is 0 Å². The van der Waals surface area contributed by atoms with E-state index in [-0.39, 0.29) is 4.35 Å². The molecule has 6 nitrogen and oxygen atoms in total. The van der Waals surface area contributed by atoms with Crippen LogP contribution in [0.2, 0.25) is 0 Å². The van der Waals surface area contributed by atoms with Crippen LogP contribution >= 0.6 is 27.3 Å². The second kappa shape index (κ2) is 8.05. The van der Waals surface area contributed by atoms with Crippen LogP contribution in [0.25, 0.3) is 21.3 Å². The van der Waals surface area contributed by atoms with E-state index in [1.54, 1.807) is 23.5 Å². The third-order valence-electron chi connectivity index (χ3n) is 4.48. The van der Waals surface area contributed by atoms with Gasteiger partial charge in [0.25, 0.3) is 0 Å². The van der Waals surface area contributed by atoms with Gasteiger partial charge in [-0.15, -0.1) is 0 Å². The van der Waals surface area contributed by atoms with Gasteiger partial charge in [-0.2, -0.15) is 0 Å². The summed E-state index contributed by atoms with van der Waals surface area (Å²) < 4.78 is 31.2. The van der Waals surface area contributed by atoms with Gasteiger partial charge in [-0.05, 0) is 0 Å². The molecule has 0 bridgehead atoms. The van der Waals surface area contributed by atoms with E-state index in [0.717, 1.165) is 32.2 Å². The van der Waals surface area contributed by atoms with Gasteiger partial charge in [0.05, 0.1) is 0 Å². The average Bonchev–Trinajstić information content (AvgIpc) is 3.08. The number of aryl methyl sites for hydroxylation is 1. The summed E-state index contributed by atoms with van der Waals surface area (Å²) >= 11 is 0.234. The Balaban J connectivity index is 1.82. The van der Waals surface area contributed by atoms with E-state index in [1.165, 1.54) is 23.3 Å². The van der Waals surface area contributed by atoms with Crippen LogP contribution in [0.5, 0.6) is 0 Å². The molecule has 0 aliphatic heterocycles. The van der Waals surface area contributed by atoms with E-state index in [2.05, 4.69) is 50.3 Å². The van der Waals surface area contributed by atoms with Crippen LogP contribution in [0, 0.1) is 0 Å². The van der Waals surface area contributed by atoms with Crippen LogP contribution in [0.4, 0.5) is 11.5 Å². The van der Waals surface area contributed by atoms with Crippen LogP contribution < -0.4 is 9.67 Å². The average molecular weight is 534 g/mol. The van der Waals surface area contributed by atoms with Crippen molar-refractivity contribution in [3.8, 4) is 11.1 Å². The van der Waals surface area contributed by atoms with Gasteiger partial charge in [0.2, 0.25) is 0 Å². The number of hydrogen-bond acceptors (Lipinski definition) is 5. The molecule has 0 atom stereocenters. The quantitative estimate of drug-likeness (QED) is 0.336. The van der Waals surface area contributed by atoms with Gasteiger partial charge in [0, 0.05) is 0 Å². The van der Waals surface area contributed by atoms with Crippen molar-refractivity contribution in [2.24, 2.45) is 0 Å². The number of hydrogen-bond donors (Lipinski definition) is 3. The third-order valence-corrected chi connectivity index (χ3v) is 8.29. The number of thiophene rings is 1. The number of rotatable bonds is 5. The predicted molar refractivity (Wildman–Crippen MR) is 120 cm³/mol. The Labute approximate surface area is 182 Å². The Bertz CT molecular complexity index is 1220. The normalized spacial score (nSPS) is 11.7. The summed E-state index contributed by atoms with van der Waals surface area (Å²) in [5, 5.41) is 4.23. The van der Waals surface area contributed by atoms with Crippen LogP contribution in [0.1, 0.15) is 11.8 Å². The number of fused-ring (bicyclic) bond motifs is 1. The van der Waals surface area contributed by atoms with Crippen molar-refractivity contribution in [2.45, 2.75) is 13.3 Å². The van der Waals surface area contributed by atoms with Crippen LogP contribution in [0.3, 0.4) is 0 Å². The third kappa shape index (κ3) is 4.17. The molecule has 3 N–H and O–H groups in total. The van der Waals surface area contributed by atoms with Gasteiger partial charge >= 0.3 is 167 Å². The molecule has 29 heavy (non-hydrogen) atoms. The number of halogens is 1. The van der Waals surface area contributed by atoms with Gasteiger partial charge in [0.15, 0.2) is 0 Å². The van der Waals surface area contributed by atoms with E-state index in [1.807, 2.05) is 12.1 Å². The molecule has 9 heteroatoms. The van der Waals surface area contributed by atoms with Crippen LogP contribution in [-0.4, -0.2) is 32.3 Å². The SMILES string of the molecule is CCc1sc2ncnc(Nc3ccc([As](=O)(O)O)cc3)c2c1-c1ccc(Br)cc1. The predicted octanol–water partition coefficient (Wildman–Crippen LogP) is 3.99. The molecular formula is C20H17AsBrN3O3S. The Morgan fingerprint density at radius 3 is 2.38 bits per heavy atom. The number of benzene rings is 2. The van der Waals surface area contributed by atoms with Crippen molar-refractivity contribution >= 4 is 67.5 Å². The Morgan fingerprint density at radius 2 is 1.76 bits per heavy atom. The van der Waals surface area contributed by atoms with Crippen molar-refractivity contribution in [2.75, 3.05) is 5.32 Å². The molecule has 0 unspecified atom stereocenters. The number of nitrogens with zero attached hydrogens (tertiary/aromatic N) is 2. The molecule has 2 aromatic heterocycles. The van der Waals surface area contributed by atoms with Gasteiger partial charge < -0.3 is 0 Å². The maximum absolute atomic E-state index is 11.5. The fourth-order valence-electron chi connectivity index (χ4n) is 3.12. The topological polar surface area (TPSA) is 95.3 Å². The van der Waals surface area contributed by atoms with Gasteiger partial charge in [-0.1, -0.05) is 15.9 Å². The molecular weight excluding hydrogens is 517 g/mol. The molecule has 4 aromatic rings. The number of nitrogens with one attached hydrogen (secondary N) is 1. The van der Waals surface area contributed by atoms with E-state index in [4.69, 9.17) is 0 Å². The van der Waals surface area contributed by atoms with Gasteiger partial charge in [0.1, 0.15) is 0 Å². The Kier molecular flexibility index (Phi) is 5.64. The molecule has 0 radical (unpaired) electrons. The van der Waals surface area contributed by atoms with E-state index < -0.39 is 14.2 Å². The number of anilines is 2. The molecule has 148 valence electrons. The van der Waals surface area contributed by atoms with Crippen molar-refractivity contribution in [1.82, 2.24) is 9.97 Å². The minimum atomic E-state index is -4.90. The maximum atomic E-state index is 11.5. The fraction of sp³-hybridized carbons (Fsp3) is 0.100. The molecule has 4 rings (SSSR count). The monoisotopic (exact) mass is 533 g/mol. The molecule has 0 spiro atoms. The summed E-state index contributed by atoms with van der Waals surface area (Å²) in [5.41, 5.74) is 2.90. The summed E-state index contributed by atoms with van der Waals surface area (Å²) in [7, 11) is 0. The van der Waals surface area contributed by atoms with Crippen LogP contribution in [0.15, 0.2) is 59.3 Å². The first kappa shape index (κ1) is 20.3. The Morgan fingerprint density at radius 1 is 1.07 bits per heavy atom. The first-order chi connectivity index (χ1) is 13.9. The minimum absolute atomic E-state index is 0.0425. The van der Waals surface area contributed by atoms with Crippen molar-refractivity contribution in [3.05, 3.63) is 64.2 Å². The second-order valence-corrected chi connectivity index (χ2v) is 11.7. The van der Waals surface area contributed by atoms with E-state index in [0.29, 0.717) is 11.5 Å².